The molecule has 10 nitrogen and oxygen atoms in total. The molecule has 43 heavy (non-hydrogen) atoms. The number of imidazole rings is 1. The first-order valence-corrected chi connectivity index (χ1v) is 13.5. The molecule has 0 N–H and O–H groups in total. The maximum Gasteiger partial charge on any atom is 0.337 e. The van der Waals surface area contributed by atoms with Crippen LogP contribution in [-0.4, -0.2) is 46.3 Å². The van der Waals surface area contributed by atoms with E-state index in [1.807, 2.05) is 4.57 Å². The van der Waals surface area contributed by atoms with Crippen LogP contribution in [0, 0.1) is 15.9 Å². The largest absolute Gasteiger partial charge is 0.484 e. The third-order valence-electron chi connectivity index (χ3n) is 6.77. The van der Waals surface area contributed by atoms with Gasteiger partial charge in [0.1, 0.15) is 12.4 Å². The molecule has 12 heteroatoms. The van der Waals surface area contributed by atoms with Gasteiger partial charge in [0, 0.05) is 42.3 Å². The van der Waals surface area contributed by atoms with Gasteiger partial charge in [-0.05, 0) is 48.5 Å². The smallest absolute Gasteiger partial charge is 0.337 e. The molecule has 0 aliphatic carbocycles. The van der Waals surface area contributed by atoms with Gasteiger partial charge in [0.25, 0.3) is 5.69 Å². The van der Waals surface area contributed by atoms with Crippen molar-refractivity contribution in [2.24, 2.45) is 0 Å². The van der Waals surface area contributed by atoms with Crippen LogP contribution in [0.2, 0.25) is 5.02 Å². The van der Waals surface area contributed by atoms with Crippen LogP contribution >= 0.6 is 11.6 Å². The highest BCUT2D eigenvalue weighted by atomic mass is 35.5. The van der Waals surface area contributed by atoms with Gasteiger partial charge in [-0.25, -0.2) is 19.2 Å². The summed E-state index contributed by atoms with van der Waals surface area (Å²) >= 11 is 5.80. The Morgan fingerprint density at radius 2 is 1.88 bits per heavy atom. The molecule has 0 fully saturated rings. The monoisotopic (exact) mass is 604 g/mol. The van der Waals surface area contributed by atoms with E-state index in [0.29, 0.717) is 58.1 Å². The molecule has 0 aliphatic rings. The summed E-state index contributed by atoms with van der Waals surface area (Å²) in [6, 6.07) is 19.3. The van der Waals surface area contributed by atoms with Crippen molar-refractivity contribution in [3.63, 3.8) is 0 Å². The zero-order valence-electron chi connectivity index (χ0n) is 23.3. The van der Waals surface area contributed by atoms with E-state index in [-0.39, 0.29) is 29.5 Å². The van der Waals surface area contributed by atoms with Crippen molar-refractivity contribution in [3.05, 3.63) is 116 Å². The average Bonchev–Trinajstić information content (AvgIpc) is 3.35. The quantitative estimate of drug-likeness (QED) is 0.0965. The van der Waals surface area contributed by atoms with E-state index in [1.165, 1.54) is 25.3 Å². The van der Waals surface area contributed by atoms with Gasteiger partial charge in [0.05, 0.1) is 46.6 Å². The molecule has 0 atom stereocenters. The van der Waals surface area contributed by atoms with Crippen LogP contribution in [0.5, 0.6) is 5.75 Å². The number of esters is 1. The zero-order chi connectivity index (χ0) is 30.5. The van der Waals surface area contributed by atoms with Gasteiger partial charge in [0.2, 0.25) is 0 Å². The molecule has 5 rings (SSSR count). The number of fused-ring (bicyclic) bond motifs is 1. The number of halogens is 2. The van der Waals surface area contributed by atoms with Crippen molar-refractivity contribution in [2.45, 2.75) is 19.6 Å². The van der Waals surface area contributed by atoms with Gasteiger partial charge >= 0.3 is 5.97 Å². The number of nitro benzene ring substituents is 1. The number of carbonyl (C=O) groups is 1. The molecule has 0 saturated heterocycles. The standard InChI is InChI=1S/C31H26ClFN4O6/c1-41-13-12-36-28-15-21(31(38)42-2)8-10-26(28)35-30(36)16-20-7-6-19(14-27(20)37(39)40)25-5-3-4-23(34-25)18-43-29-11-9-22(32)17-24(29)33/h3-11,14-15,17H,12-13,16,18H2,1-2H3. The van der Waals surface area contributed by atoms with Crippen molar-refractivity contribution >= 4 is 34.3 Å². The van der Waals surface area contributed by atoms with Crippen LogP contribution in [0.4, 0.5) is 10.1 Å². The van der Waals surface area contributed by atoms with Gasteiger partial charge in [-0.3, -0.25) is 10.1 Å². The van der Waals surface area contributed by atoms with Crippen LogP contribution in [0.15, 0.2) is 72.8 Å². The lowest BCUT2D eigenvalue weighted by atomic mass is 10.0. The Morgan fingerprint density at radius 3 is 2.63 bits per heavy atom. The van der Waals surface area contributed by atoms with E-state index in [2.05, 4.69) is 4.98 Å². The Morgan fingerprint density at radius 1 is 1.05 bits per heavy atom. The molecule has 0 bridgehead atoms. The van der Waals surface area contributed by atoms with Gasteiger partial charge < -0.3 is 18.8 Å². The molecule has 0 saturated carbocycles. The maximum atomic E-state index is 14.1. The topological polar surface area (TPSA) is 119 Å². The summed E-state index contributed by atoms with van der Waals surface area (Å²) in [7, 11) is 2.89. The molecule has 5 aromatic rings. The highest BCUT2D eigenvalue weighted by molar-refractivity contribution is 6.30. The summed E-state index contributed by atoms with van der Waals surface area (Å²) in [5.74, 6) is -0.448. The average molecular weight is 605 g/mol. The summed E-state index contributed by atoms with van der Waals surface area (Å²) in [5, 5.41) is 12.4. The predicted octanol–water partition coefficient (Wildman–Crippen LogP) is 6.40. The summed E-state index contributed by atoms with van der Waals surface area (Å²) in [6.07, 6.45) is 0.163. The molecule has 3 aromatic carbocycles. The summed E-state index contributed by atoms with van der Waals surface area (Å²) in [4.78, 5) is 33.1. The third-order valence-corrected chi connectivity index (χ3v) is 7.01. The van der Waals surface area contributed by atoms with E-state index in [1.54, 1.807) is 55.6 Å². The zero-order valence-corrected chi connectivity index (χ0v) is 24.0. The lowest BCUT2D eigenvalue weighted by molar-refractivity contribution is -0.385. The van der Waals surface area contributed by atoms with Gasteiger partial charge in [-0.1, -0.05) is 29.8 Å². The Kier molecular flexibility index (Phi) is 8.93. The lowest BCUT2D eigenvalue weighted by Crippen LogP contribution is -2.10. The minimum absolute atomic E-state index is 0.0120. The molecule has 0 amide bonds. The number of rotatable bonds is 11. The van der Waals surface area contributed by atoms with Crippen LogP contribution in [0.25, 0.3) is 22.3 Å². The Hall–Kier alpha value is -4.87. The number of carbonyl (C=O) groups excluding carboxylic acids is 1. The Labute approximate surface area is 250 Å². The number of nitro groups is 1. The van der Waals surface area contributed by atoms with E-state index >= 15 is 0 Å². The summed E-state index contributed by atoms with van der Waals surface area (Å²) in [6.45, 7) is 0.790. The minimum Gasteiger partial charge on any atom is -0.484 e. The van der Waals surface area contributed by atoms with Crippen molar-refractivity contribution in [3.8, 4) is 17.0 Å². The highest BCUT2D eigenvalue weighted by Crippen LogP contribution is 2.30. The van der Waals surface area contributed by atoms with E-state index in [4.69, 9.17) is 30.8 Å². The second kappa shape index (κ2) is 13.0. The fraction of sp³-hybridized carbons (Fsp3) is 0.194. The molecular weight excluding hydrogens is 579 g/mol. The fourth-order valence-electron chi connectivity index (χ4n) is 4.66. The number of hydrogen-bond donors (Lipinski definition) is 0. The fourth-order valence-corrected chi connectivity index (χ4v) is 4.82. The van der Waals surface area contributed by atoms with Crippen LogP contribution in [0.3, 0.4) is 0 Å². The van der Waals surface area contributed by atoms with Gasteiger partial charge in [0.15, 0.2) is 11.6 Å². The summed E-state index contributed by atoms with van der Waals surface area (Å²) in [5.41, 5.74) is 3.60. The van der Waals surface area contributed by atoms with Crippen LogP contribution in [0.1, 0.15) is 27.4 Å². The van der Waals surface area contributed by atoms with Crippen molar-refractivity contribution in [2.75, 3.05) is 20.8 Å². The van der Waals surface area contributed by atoms with Crippen molar-refractivity contribution in [1.29, 1.82) is 0 Å². The van der Waals surface area contributed by atoms with E-state index < -0.39 is 16.7 Å². The summed E-state index contributed by atoms with van der Waals surface area (Å²) < 4.78 is 31.7. The predicted molar refractivity (Wildman–Crippen MR) is 158 cm³/mol. The van der Waals surface area contributed by atoms with Crippen LogP contribution in [-0.2, 0) is 29.0 Å². The number of aromatic nitrogens is 3. The molecular formula is C31H26ClFN4O6. The molecule has 2 aromatic heterocycles. The number of hydrogen-bond acceptors (Lipinski definition) is 8. The molecule has 0 aliphatic heterocycles. The molecule has 0 radical (unpaired) electrons. The number of methoxy groups -OCH3 is 2. The Balaban J connectivity index is 1.44. The van der Waals surface area contributed by atoms with Gasteiger partial charge in [-0.2, -0.15) is 0 Å². The number of ether oxygens (including phenoxy) is 3. The van der Waals surface area contributed by atoms with E-state index in [0.717, 1.165) is 6.07 Å². The second-order valence-electron chi connectivity index (χ2n) is 9.52. The number of benzene rings is 3. The maximum absolute atomic E-state index is 14.1. The van der Waals surface area contributed by atoms with Crippen LogP contribution < -0.4 is 4.74 Å². The molecule has 220 valence electrons. The first-order valence-electron chi connectivity index (χ1n) is 13.1. The normalized spacial score (nSPS) is 11.1. The SMILES string of the molecule is COCCn1c(Cc2ccc(-c3cccc(COc4ccc(Cl)cc4F)n3)cc2[N+](=O)[O-])nc2ccc(C(=O)OC)cc21. The second-order valence-corrected chi connectivity index (χ2v) is 9.96. The number of pyridine rings is 1. The molecule has 2 heterocycles. The van der Waals surface area contributed by atoms with Crippen molar-refractivity contribution in [1.82, 2.24) is 14.5 Å². The van der Waals surface area contributed by atoms with E-state index in [9.17, 15) is 19.3 Å². The third kappa shape index (κ3) is 6.63. The van der Waals surface area contributed by atoms with Gasteiger partial charge in [-0.15, -0.1) is 0 Å². The first kappa shape index (κ1) is 29.6. The highest BCUT2D eigenvalue weighted by Gasteiger charge is 2.21. The lowest BCUT2D eigenvalue weighted by Gasteiger charge is -2.11. The molecule has 0 unspecified atom stereocenters. The number of nitrogens with zero attached hydrogens (tertiary/aromatic N) is 4. The Bertz CT molecular complexity index is 1830. The minimum atomic E-state index is -0.588. The molecule has 0 spiro atoms. The first-order chi connectivity index (χ1) is 20.8. The van der Waals surface area contributed by atoms with Crippen molar-refractivity contribution < 1.29 is 28.3 Å².